The highest BCUT2D eigenvalue weighted by Crippen LogP contribution is 2.38. The first-order chi connectivity index (χ1) is 8.19. The number of benzene rings is 1. The summed E-state index contributed by atoms with van der Waals surface area (Å²) in [6.07, 6.45) is 1.17. The minimum Gasteiger partial charge on any atom is -0.496 e. The second-order valence-corrected chi connectivity index (χ2v) is 3.98. The van der Waals surface area contributed by atoms with Crippen LogP contribution in [0.1, 0.15) is 30.1 Å². The van der Waals surface area contributed by atoms with Crippen LogP contribution < -0.4 is 14.2 Å². The summed E-state index contributed by atoms with van der Waals surface area (Å²) in [4.78, 5) is 12.0. The standard InChI is InChI=1S/C13H16O4/c1-4-8-5-10(14)13-11(16-3)6-9(15-2)7-12(13)17-8/h6-8H,4-5H2,1-3H3. The molecule has 0 radical (unpaired) electrons. The van der Waals surface area contributed by atoms with Gasteiger partial charge in [-0.3, -0.25) is 4.79 Å². The molecular weight excluding hydrogens is 220 g/mol. The van der Waals surface area contributed by atoms with Crippen LogP contribution in [0.3, 0.4) is 0 Å². The molecule has 0 saturated heterocycles. The lowest BCUT2D eigenvalue weighted by molar-refractivity contribution is 0.0839. The maximum atomic E-state index is 12.0. The third-order valence-corrected chi connectivity index (χ3v) is 2.94. The largest absolute Gasteiger partial charge is 0.496 e. The van der Waals surface area contributed by atoms with Gasteiger partial charge < -0.3 is 14.2 Å². The van der Waals surface area contributed by atoms with Crippen LogP contribution in [0.4, 0.5) is 0 Å². The molecule has 1 unspecified atom stereocenters. The van der Waals surface area contributed by atoms with Gasteiger partial charge in [0.2, 0.25) is 0 Å². The molecular formula is C13H16O4. The van der Waals surface area contributed by atoms with E-state index in [9.17, 15) is 4.79 Å². The molecule has 2 rings (SSSR count). The van der Waals surface area contributed by atoms with Crippen LogP contribution in [0.25, 0.3) is 0 Å². The Morgan fingerprint density at radius 1 is 1.35 bits per heavy atom. The highest BCUT2D eigenvalue weighted by atomic mass is 16.5. The van der Waals surface area contributed by atoms with Gasteiger partial charge >= 0.3 is 0 Å². The molecule has 1 aromatic rings. The summed E-state index contributed by atoms with van der Waals surface area (Å²) in [6, 6.07) is 3.43. The second kappa shape index (κ2) is 4.65. The second-order valence-electron chi connectivity index (χ2n) is 3.98. The number of rotatable bonds is 3. The number of methoxy groups -OCH3 is 2. The first-order valence-corrected chi connectivity index (χ1v) is 5.65. The highest BCUT2D eigenvalue weighted by molar-refractivity contribution is 6.02. The number of carbonyl (C=O) groups excluding carboxylic acids is 1. The van der Waals surface area contributed by atoms with Gasteiger partial charge in [-0.05, 0) is 6.42 Å². The Bertz CT molecular complexity index is 439. The number of ether oxygens (including phenoxy) is 3. The van der Waals surface area contributed by atoms with Gasteiger partial charge in [0.1, 0.15) is 28.9 Å². The Morgan fingerprint density at radius 2 is 2.12 bits per heavy atom. The Morgan fingerprint density at radius 3 is 2.71 bits per heavy atom. The van der Waals surface area contributed by atoms with Crippen LogP contribution in [0.5, 0.6) is 17.2 Å². The smallest absolute Gasteiger partial charge is 0.174 e. The fraction of sp³-hybridized carbons (Fsp3) is 0.462. The first-order valence-electron chi connectivity index (χ1n) is 5.65. The van der Waals surface area contributed by atoms with E-state index in [1.54, 1.807) is 19.2 Å². The minimum atomic E-state index is -0.0492. The molecule has 92 valence electrons. The Hall–Kier alpha value is -1.71. The normalized spacial score (nSPS) is 18.3. The molecule has 0 amide bonds. The third-order valence-electron chi connectivity index (χ3n) is 2.94. The molecule has 17 heavy (non-hydrogen) atoms. The van der Waals surface area contributed by atoms with Crippen molar-refractivity contribution in [3.8, 4) is 17.2 Å². The van der Waals surface area contributed by atoms with Gasteiger partial charge in [-0.1, -0.05) is 6.92 Å². The SMILES string of the molecule is CCC1CC(=O)c2c(OC)cc(OC)cc2O1. The fourth-order valence-corrected chi connectivity index (χ4v) is 1.97. The minimum absolute atomic E-state index is 0.0492. The summed E-state index contributed by atoms with van der Waals surface area (Å²) >= 11 is 0. The monoisotopic (exact) mass is 236 g/mol. The number of fused-ring (bicyclic) bond motifs is 1. The van der Waals surface area contributed by atoms with Crippen LogP contribution in [-0.4, -0.2) is 26.1 Å². The number of Topliss-reactive ketones (excluding diaryl/α,β-unsaturated/α-hetero) is 1. The topological polar surface area (TPSA) is 44.8 Å². The predicted octanol–water partition coefficient (Wildman–Crippen LogP) is 2.45. The highest BCUT2D eigenvalue weighted by Gasteiger charge is 2.29. The molecule has 1 atom stereocenters. The van der Waals surface area contributed by atoms with Gasteiger partial charge in [0.15, 0.2) is 5.78 Å². The zero-order valence-electron chi connectivity index (χ0n) is 10.3. The number of carbonyl (C=O) groups is 1. The molecule has 0 spiro atoms. The quantitative estimate of drug-likeness (QED) is 0.808. The van der Waals surface area contributed by atoms with Crippen molar-refractivity contribution in [2.45, 2.75) is 25.9 Å². The Kier molecular flexibility index (Phi) is 3.22. The summed E-state index contributed by atoms with van der Waals surface area (Å²) in [5.41, 5.74) is 0.526. The van der Waals surface area contributed by atoms with E-state index in [1.807, 2.05) is 6.92 Å². The Balaban J connectivity index is 2.50. The molecule has 4 nitrogen and oxygen atoms in total. The molecule has 1 aliphatic rings. The van der Waals surface area contributed by atoms with Crippen LogP contribution in [0, 0.1) is 0 Å². The maximum Gasteiger partial charge on any atom is 0.174 e. The van der Waals surface area contributed by atoms with Crippen molar-refractivity contribution in [3.63, 3.8) is 0 Å². The van der Waals surface area contributed by atoms with Crippen LogP contribution in [0.2, 0.25) is 0 Å². The molecule has 4 heteroatoms. The zero-order valence-corrected chi connectivity index (χ0v) is 10.3. The zero-order chi connectivity index (χ0) is 12.4. The van der Waals surface area contributed by atoms with Gasteiger partial charge in [0, 0.05) is 18.6 Å². The molecule has 1 aliphatic heterocycles. The van der Waals surface area contributed by atoms with E-state index in [-0.39, 0.29) is 11.9 Å². The molecule has 1 heterocycles. The van der Waals surface area contributed by atoms with Gasteiger partial charge in [-0.25, -0.2) is 0 Å². The van der Waals surface area contributed by atoms with E-state index >= 15 is 0 Å². The molecule has 0 fully saturated rings. The number of hydrogen-bond donors (Lipinski definition) is 0. The predicted molar refractivity (Wildman–Crippen MR) is 63.2 cm³/mol. The van der Waals surface area contributed by atoms with Gasteiger partial charge in [-0.15, -0.1) is 0 Å². The van der Waals surface area contributed by atoms with Crippen molar-refractivity contribution < 1.29 is 19.0 Å². The average Bonchev–Trinajstić information content (AvgIpc) is 2.36. The Labute approximate surface area is 100 Å². The third kappa shape index (κ3) is 2.07. The number of hydrogen-bond acceptors (Lipinski definition) is 4. The first kappa shape index (κ1) is 11.8. The molecule has 0 saturated carbocycles. The maximum absolute atomic E-state index is 12.0. The van der Waals surface area contributed by atoms with E-state index in [4.69, 9.17) is 14.2 Å². The lowest BCUT2D eigenvalue weighted by Crippen LogP contribution is -2.26. The van der Waals surface area contributed by atoms with Crippen molar-refractivity contribution in [2.75, 3.05) is 14.2 Å². The molecule has 0 N–H and O–H groups in total. The van der Waals surface area contributed by atoms with Gasteiger partial charge in [0.25, 0.3) is 0 Å². The number of ketones is 1. The summed E-state index contributed by atoms with van der Waals surface area (Å²) in [5, 5.41) is 0. The van der Waals surface area contributed by atoms with E-state index in [1.165, 1.54) is 7.11 Å². The summed E-state index contributed by atoms with van der Waals surface area (Å²) in [7, 11) is 3.11. The van der Waals surface area contributed by atoms with Crippen molar-refractivity contribution in [3.05, 3.63) is 17.7 Å². The van der Waals surface area contributed by atoms with E-state index < -0.39 is 0 Å². The van der Waals surface area contributed by atoms with E-state index in [0.29, 0.717) is 29.2 Å². The van der Waals surface area contributed by atoms with E-state index in [2.05, 4.69) is 0 Å². The lowest BCUT2D eigenvalue weighted by Gasteiger charge is -2.25. The summed E-state index contributed by atoms with van der Waals surface area (Å²) in [5.74, 6) is 1.77. The summed E-state index contributed by atoms with van der Waals surface area (Å²) < 4.78 is 16.1. The van der Waals surface area contributed by atoms with Crippen molar-refractivity contribution in [2.24, 2.45) is 0 Å². The average molecular weight is 236 g/mol. The van der Waals surface area contributed by atoms with Gasteiger partial charge in [0.05, 0.1) is 14.2 Å². The lowest BCUT2D eigenvalue weighted by atomic mass is 9.98. The van der Waals surface area contributed by atoms with Crippen LogP contribution >= 0.6 is 0 Å². The van der Waals surface area contributed by atoms with Gasteiger partial charge in [-0.2, -0.15) is 0 Å². The van der Waals surface area contributed by atoms with Crippen LogP contribution in [0.15, 0.2) is 12.1 Å². The van der Waals surface area contributed by atoms with Crippen LogP contribution in [-0.2, 0) is 0 Å². The molecule has 1 aromatic carbocycles. The van der Waals surface area contributed by atoms with Crippen molar-refractivity contribution >= 4 is 5.78 Å². The van der Waals surface area contributed by atoms with Crippen molar-refractivity contribution in [1.82, 2.24) is 0 Å². The molecule has 0 aromatic heterocycles. The van der Waals surface area contributed by atoms with E-state index in [0.717, 1.165) is 6.42 Å². The fourth-order valence-electron chi connectivity index (χ4n) is 1.97. The van der Waals surface area contributed by atoms with Crippen molar-refractivity contribution in [1.29, 1.82) is 0 Å². The summed E-state index contributed by atoms with van der Waals surface area (Å²) in [6.45, 7) is 2.00. The molecule has 0 bridgehead atoms. The molecule has 0 aliphatic carbocycles.